The summed E-state index contributed by atoms with van der Waals surface area (Å²) >= 11 is 5.87. The quantitative estimate of drug-likeness (QED) is 0.568. The summed E-state index contributed by atoms with van der Waals surface area (Å²) in [6, 6.07) is 22.7. The summed E-state index contributed by atoms with van der Waals surface area (Å²) in [5, 5.41) is 0.684. The lowest BCUT2D eigenvalue weighted by Gasteiger charge is -2.09. The van der Waals surface area contributed by atoms with E-state index in [2.05, 4.69) is 0 Å². The lowest BCUT2D eigenvalue weighted by molar-refractivity contribution is 0.460. The fourth-order valence-corrected chi connectivity index (χ4v) is 2.11. The first-order valence-corrected chi connectivity index (χ1v) is 7.35. The fraction of sp³-hybridized carbons (Fsp3) is 0.0526. The molecule has 0 heterocycles. The second-order valence-electron chi connectivity index (χ2n) is 4.95. The van der Waals surface area contributed by atoms with E-state index in [1.807, 2.05) is 67.6 Å². The highest BCUT2D eigenvalue weighted by Crippen LogP contribution is 2.28. The minimum atomic E-state index is 0.684. The minimum Gasteiger partial charge on any atom is -0.457 e. The molecule has 0 saturated heterocycles. The molecule has 110 valence electrons. The molecule has 0 radical (unpaired) electrons. The summed E-state index contributed by atoms with van der Waals surface area (Å²) in [6.45, 7) is 2.05. The van der Waals surface area contributed by atoms with Gasteiger partial charge in [0.1, 0.15) is 23.0 Å². The number of benzene rings is 3. The molecule has 0 fully saturated rings. The summed E-state index contributed by atoms with van der Waals surface area (Å²) in [4.78, 5) is 0. The van der Waals surface area contributed by atoms with Crippen LogP contribution in [0.3, 0.4) is 0 Å². The fourth-order valence-electron chi connectivity index (χ4n) is 1.98. The molecule has 0 aliphatic heterocycles. The van der Waals surface area contributed by atoms with Crippen LogP contribution in [-0.4, -0.2) is 0 Å². The molecule has 22 heavy (non-hydrogen) atoms. The summed E-state index contributed by atoms with van der Waals surface area (Å²) in [7, 11) is 0. The van der Waals surface area contributed by atoms with Gasteiger partial charge < -0.3 is 9.47 Å². The summed E-state index contributed by atoms with van der Waals surface area (Å²) in [5.74, 6) is 2.98. The van der Waals surface area contributed by atoms with Gasteiger partial charge in [0.15, 0.2) is 0 Å². The van der Waals surface area contributed by atoms with Gasteiger partial charge in [-0.3, -0.25) is 0 Å². The van der Waals surface area contributed by atoms with E-state index in [0.29, 0.717) is 10.8 Å². The zero-order chi connectivity index (χ0) is 15.4. The van der Waals surface area contributed by atoms with E-state index in [9.17, 15) is 0 Å². The Morgan fingerprint density at radius 3 is 1.68 bits per heavy atom. The van der Waals surface area contributed by atoms with Crippen molar-refractivity contribution < 1.29 is 9.47 Å². The van der Waals surface area contributed by atoms with Crippen molar-refractivity contribution in [2.45, 2.75) is 6.92 Å². The van der Waals surface area contributed by atoms with Gasteiger partial charge in [-0.1, -0.05) is 35.4 Å². The van der Waals surface area contributed by atoms with Crippen molar-refractivity contribution in [3.8, 4) is 23.0 Å². The van der Waals surface area contributed by atoms with E-state index < -0.39 is 0 Å². The van der Waals surface area contributed by atoms with E-state index in [4.69, 9.17) is 21.1 Å². The highest BCUT2D eigenvalue weighted by molar-refractivity contribution is 6.30. The molecular formula is C19H15ClO2. The molecular weight excluding hydrogens is 296 g/mol. The summed E-state index contributed by atoms with van der Waals surface area (Å²) in [5.41, 5.74) is 1.20. The molecule has 0 amide bonds. The van der Waals surface area contributed by atoms with Crippen molar-refractivity contribution in [1.82, 2.24) is 0 Å². The standard InChI is InChI=1S/C19H15ClO2/c1-14-5-9-16(10-6-14)21-18-3-2-4-19(13-18)22-17-11-7-15(20)8-12-17/h2-13H,1H3. The Hall–Kier alpha value is -2.45. The van der Waals surface area contributed by atoms with Crippen LogP contribution >= 0.6 is 11.6 Å². The lowest BCUT2D eigenvalue weighted by Crippen LogP contribution is -1.87. The first kappa shape index (κ1) is 14.5. The zero-order valence-corrected chi connectivity index (χ0v) is 12.9. The minimum absolute atomic E-state index is 0.684. The number of ether oxygens (including phenoxy) is 2. The van der Waals surface area contributed by atoms with Gasteiger partial charge in [0.2, 0.25) is 0 Å². The average Bonchev–Trinajstić information content (AvgIpc) is 2.52. The average molecular weight is 311 g/mol. The van der Waals surface area contributed by atoms with Crippen LogP contribution in [-0.2, 0) is 0 Å². The Morgan fingerprint density at radius 2 is 1.14 bits per heavy atom. The molecule has 3 rings (SSSR count). The van der Waals surface area contributed by atoms with E-state index in [-0.39, 0.29) is 0 Å². The molecule has 0 aliphatic carbocycles. The molecule has 2 nitrogen and oxygen atoms in total. The third-order valence-electron chi connectivity index (χ3n) is 3.11. The number of halogens is 1. The molecule has 0 bridgehead atoms. The number of hydrogen-bond acceptors (Lipinski definition) is 2. The molecule has 0 atom stereocenters. The van der Waals surface area contributed by atoms with Crippen molar-refractivity contribution in [3.05, 3.63) is 83.4 Å². The Morgan fingerprint density at radius 1 is 0.636 bits per heavy atom. The van der Waals surface area contributed by atoms with Gasteiger partial charge in [0.05, 0.1) is 0 Å². The van der Waals surface area contributed by atoms with Crippen molar-refractivity contribution >= 4 is 11.6 Å². The second-order valence-corrected chi connectivity index (χ2v) is 5.38. The first-order chi connectivity index (χ1) is 10.7. The Balaban J connectivity index is 1.74. The number of aryl methyl sites for hydroxylation is 1. The maximum absolute atomic E-state index is 5.87. The summed E-state index contributed by atoms with van der Waals surface area (Å²) < 4.78 is 11.6. The van der Waals surface area contributed by atoms with Gasteiger partial charge >= 0.3 is 0 Å². The predicted molar refractivity (Wildman–Crippen MR) is 89.2 cm³/mol. The van der Waals surface area contributed by atoms with Crippen LogP contribution in [0.5, 0.6) is 23.0 Å². The van der Waals surface area contributed by atoms with Crippen molar-refractivity contribution in [1.29, 1.82) is 0 Å². The third-order valence-corrected chi connectivity index (χ3v) is 3.36. The monoisotopic (exact) mass is 310 g/mol. The summed E-state index contributed by atoms with van der Waals surface area (Å²) in [6.07, 6.45) is 0. The Kier molecular flexibility index (Phi) is 4.31. The third kappa shape index (κ3) is 3.80. The molecule has 0 aromatic heterocycles. The van der Waals surface area contributed by atoms with E-state index in [0.717, 1.165) is 17.2 Å². The van der Waals surface area contributed by atoms with Crippen molar-refractivity contribution in [2.75, 3.05) is 0 Å². The lowest BCUT2D eigenvalue weighted by atomic mass is 10.2. The van der Waals surface area contributed by atoms with Crippen LogP contribution in [0.15, 0.2) is 72.8 Å². The largest absolute Gasteiger partial charge is 0.457 e. The van der Waals surface area contributed by atoms with Crippen LogP contribution in [0, 0.1) is 6.92 Å². The highest BCUT2D eigenvalue weighted by Gasteiger charge is 2.02. The molecule has 0 N–H and O–H groups in total. The Bertz CT molecular complexity index is 686. The maximum Gasteiger partial charge on any atom is 0.131 e. The predicted octanol–water partition coefficient (Wildman–Crippen LogP) is 6.23. The molecule has 0 saturated carbocycles. The van der Waals surface area contributed by atoms with Crippen LogP contribution in [0.25, 0.3) is 0 Å². The smallest absolute Gasteiger partial charge is 0.131 e. The zero-order valence-electron chi connectivity index (χ0n) is 12.1. The number of rotatable bonds is 4. The van der Waals surface area contributed by atoms with Gasteiger partial charge in [-0.25, -0.2) is 0 Å². The number of hydrogen-bond donors (Lipinski definition) is 0. The molecule has 0 unspecified atom stereocenters. The normalized spacial score (nSPS) is 10.3. The topological polar surface area (TPSA) is 18.5 Å². The molecule has 3 heteroatoms. The molecule has 3 aromatic rings. The van der Waals surface area contributed by atoms with Crippen LogP contribution in [0.2, 0.25) is 5.02 Å². The second kappa shape index (κ2) is 6.54. The maximum atomic E-state index is 5.87. The van der Waals surface area contributed by atoms with E-state index in [1.54, 1.807) is 12.1 Å². The van der Waals surface area contributed by atoms with Crippen LogP contribution < -0.4 is 9.47 Å². The van der Waals surface area contributed by atoms with E-state index in [1.165, 1.54) is 5.56 Å². The molecule has 0 aliphatic rings. The van der Waals surface area contributed by atoms with E-state index >= 15 is 0 Å². The van der Waals surface area contributed by atoms with Crippen molar-refractivity contribution in [3.63, 3.8) is 0 Å². The van der Waals surface area contributed by atoms with Gasteiger partial charge in [0, 0.05) is 11.1 Å². The Labute approximate surface area is 134 Å². The molecule has 3 aromatic carbocycles. The van der Waals surface area contributed by atoms with Gasteiger partial charge in [-0.05, 0) is 55.5 Å². The van der Waals surface area contributed by atoms with Gasteiger partial charge in [0.25, 0.3) is 0 Å². The van der Waals surface area contributed by atoms with Gasteiger partial charge in [-0.2, -0.15) is 0 Å². The van der Waals surface area contributed by atoms with Crippen LogP contribution in [0.4, 0.5) is 0 Å². The molecule has 0 spiro atoms. The SMILES string of the molecule is Cc1ccc(Oc2cccc(Oc3ccc(Cl)cc3)c2)cc1. The van der Waals surface area contributed by atoms with Crippen LogP contribution in [0.1, 0.15) is 5.56 Å². The first-order valence-electron chi connectivity index (χ1n) is 6.97. The highest BCUT2D eigenvalue weighted by atomic mass is 35.5. The van der Waals surface area contributed by atoms with Crippen molar-refractivity contribution in [2.24, 2.45) is 0 Å². The van der Waals surface area contributed by atoms with Gasteiger partial charge in [-0.15, -0.1) is 0 Å².